The van der Waals surface area contributed by atoms with Gasteiger partial charge in [0.05, 0.1) is 12.5 Å². The minimum Gasteiger partial charge on any atom is -0.460 e. The van der Waals surface area contributed by atoms with Crippen molar-refractivity contribution in [3.05, 3.63) is 11.6 Å². The van der Waals surface area contributed by atoms with E-state index in [1.54, 1.807) is 14.0 Å². The zero-order valence-corrected chi connectivity index (χ0v) is 8.21. The third-order valence-corrected chi connectivity index (χ3v) is 1.67. The zero-order valence-electron chi connectivity index (χ0n) is 7.45. The fraction of sp³-hybridized carbons (Fsp3) is 0.571. The van der Waals surface area contributed by atoms with Crippen molar-refractivity contribution >= 4 is 17.6 Å². The molecule has 0 fully saturated rings. The van der Waals surface area contributed by atoms with E-state index in [0.29, 0.717) is 12.4 Å². The van der Waals surface area contributed by atoms with Crippen LogP contribution < -0.4 is 0 Å². The van der Waals surface area contributed by atoms with Crippen molar-refractivity contribution in [2.24, 2.45) is 7.05 Å². The number of rotatable bonds is 3. The number of ether oxygens (including phenoxy) is 1. The van der Waals surface area contributed by atoms with Crippen molar-refractivity contribution in [2.75, 3.05) is 6.61 Å². The first kappa shape index (κ1) is 9.98. The van der Waals surface area contributed by atoms with Crippen molar-refractivity contribution in [3.8, 4) is 0 Å². The van der Waals surface area contributed by atoms with Crippen LogP contribution in [0.1, 0.15) is 23.4 Å². The second-order valence-electron chi connectivity index (χ2n) is 2.33. The molecule has 0 spiro atoms. The summed E-state index contributed by atoms with van der Waals surface area (Å²) < 4.78 is 6.18. The maximum absolute atomic E-state index is 11.1. The number of aryl methyl sites for hydroxylation is 1. The highest BCUT2D eigenvalue weighted by Crippen LogP contribution is 2.01. The summed E-state index contributed by atoms with van der Waals surface area (Å²) in [4.78, 5) is 15.0. The van der Waals surface area contributed by atoms with E-state index in [9.17, 15) is 4.79 Å². The number of aromatic nitrogens is 3. The smallest absolute Gasteiger partial charge is 0.378 e. The first-order chi connectivity index (χ1) is 6.19. The molecule has 0 bridgehead atoms. The summed E-state index contributed by atoms with van der Waals surface area (Å²) in [6.45, 7) is 2.04. The monoisotopic (exact) mass is 203 g/mol. The molecule has 1 aromatic rings. The van der Waals surface area contributed by atoms with Gasteiger partial charge < -0.3 is 4.74 Å². The van der Waals surface area contributed by atoms with Crippen LogP contribution in [-0.4, -0.2) is 27.3 Å². The highest BCUT2D eigenvalue weighted by molar-refractivity contribution is 6.16. The van der Waals surface area contributed by atoms with Crippen molar-refractivity contribution in [3.63, 3.8) is 0 Å². The quantitative estimate of drug-likeness (QED) is 0.537. The fourth-order valence-corrected chi connectivity index (χ4v) is 1.05. The lowest BCUT2D eigenvalue weighted by Gasteiger charge is -1.94. The first-order valence-corrected chi connectivity index (χ1v) is 4.35. The summed E-state index contributed by atoms with van der Waals surface area (Å²) >= 11 is 5.55. The number of carbonyl (C=O) groups is 1. The molecule has 1 aromatic heterocycles. The van der Waals surface area contributed by atoms with Gasteiger partial charge in [-0.25, -0.2) is 9.78 Å². The maximum atomic E-state index is 11.1. The Morgan fingerprint density at radius 1 is 1.69 bits per heavy atom. The summed E-state index contributed by atoms with van der Waals surface area (Å²) in [7, 11) is 1.67. The Kier molecular flexibility index (Phi) is 3.25. The number of alkyl halides is 1. The number of hydrogen-bond acceptors (Lipinski definition) is 4. The van der Waals surface area contributed by atoms with Crippen LogP contribution in [0.2, 0.25) is 0 Å². The van der Waals surface area contributed by atoms with E-state index < -0.39 is 5.97 Å². The van der Waals surface area contributed by atoms with Gasteiger partial charge in [-0.1, -0.05) is 0 Å². The Hall–Kier alpha value is -1.10. The number of halogens is 1. The van der Waals surface area contributed by atoms with Crippen molar-refractivity contribution in [1.29, 1.82) is 0 Å². The van der Waals surface area contributed by atoms with Gasteiger partial charge in [0.25, 0.3) is 5.82 Å². The summed E-state index contributed by atoms with van der Waals surface area (Å²) in [6, 6.07) is 0. The number of carbonyl (C=O) groups excluding carboxylic acids is 1. The molecule has 0 radical (unpaired) electrons. The van der Waals surface area contributed by atoms with Crippen LogP contribution in [0.4, 0.5) is 0 Å². The molecule has 0 N–H and O–H groups in total. The second-order valence-corrected chi connectivity index (χ2v) is 2.60. The van der Waals surface area contributed by atoms with E-state index in [4.69, 9.17) is 16.3 Å². The topological polar surface area (TPSA) is 57.0 Å². The highest BCUT2D eigenvalue weighted by atomic mass is 35.5. The summed E-state index contributed by atoms with van der Waals surface area (Å²) in [5, 5.41) is 3.85. The molecular weight excluding hydrogens is 194 g/mol. The lowest BCUT2D eigenvalue weighted by Crippen LogP contribution is -2.07. The molecule has 72 valence electrons. The van der Waals surface area contributed by atoms with Gasteiger partial charge in [0, 0.05) is 7.05 Å². The number of esters is 1. The van der Waals surface area contributed by atoms with Crippen LogP contribution in [0.5, 0.6) is 0 Å². The van der Waals surface area contributed by atoms with Crippen molar-refractivity contribution in [2.45, 2.75) is 12.8 Å². The number of nitrogens with zero attached hydrogens (tertiary/aromatic N) is 3. The molecule has 13 heavy (non-hydrogen) atoms. The molecule has 0 aliphatic rings. The molecular formula is C7H10ClN3O2. The van der Waals surface area contributed by atoms with Crippen molar-refractivity contribution < 1.29 is 9.53 Å². The Balaban J connectivity index is 2.84. The molecule has 0 unspecified atom stereocenters. The molecule has 0 aliphatic carbocycles. The maximum Gasteiger partial charge on any atom is 0.378 e. The number of hydrogen-bond donors (Lipinski definition) is 0. The summed E-state index contributed by atoms with van der Waals surface area (Å²) in [5.74, 6) is 0.308. The predicted octanol–water partition coefficient (Wildman–Crippen LogP) is 0.731. The Morgan fingerprint density at radius 2 is 2.38 bits per heavy atom. The minimum absolute atomic E-state index is 0.0556. The molecule has 0 aliphatic heterocycles. The Morgan fingerprint density at radius 3 is 2.85 bits per heavy atom. The first-order valence-electron chi connectivity index (χ1n) is 3.82. The van der Waals surface area contributed by atoms with Gasteiger partial charge in [0.1, 0.15) is 5.82 Å². The largest absolute Gasteiger partial charge is 0.460 e. The lowest BCUT2D eigenvalue weighted by atomic mass is 10.6. The molecule has 0 aromatic carbocycles. The van der Waals surface area contributed by atoms with Crippen LogP contribution in [-0.2, 0) is 17.7 Å². The molecule has 6 heteroatoms. The molecule has 0 atom stereocenters. The van der Waals surface area contributed by atoms with Gasteiger partial charge in [-0.15, -0.1) is 16.7 Å². The van der Waals surface area contributed by atoms with E-state index in [0.717, 1.165) is 0 Å². The SMILES string of the molecule is CCOC(=O)c1nc(CCl)n(C)n1. The normalized spacial score (nSPS) is 10.1. The van der Waals surface area contributed by atoms with Crippen LogP contribution in [0.3, 0.4) is 0 Å². The van der Waals surface area contributed by atoms with Crippen molar-refractivity contribution in [1.82, 2.24) is 14.8 Å². The summed E-state index contributed by atoms with van der Waals surface area (Å²) in [5.41, 5.74) is 0. The summed E-state index contributed by atoms with van der Waals surface area (Å²) in [6.07, 6.45) is 0. The van der Waals surface area contributed by atoms with Gasteiger partial charge in [0.15, 0.2) is 0 Å². The van der Waals surface area contributed by atoms with Gasteiger partial charge in [-0.2, -0.15) is 0 Å². The van der Waals surface area contributed by atoms with E-state index >= 15 is 0 Å². The highest BCUT2D eigenvalue weighted by Gasteiger charge is 2.14. The van der Waals surface area contributed by atoms with Gasteiger partial charge in [0.2, 0.25) is 0 Å². The Bertz CT molecular complexity index is 311. The van der Waals surface area contributed by atoms with E-state index in [1.165, 1.54) is 4.68 Å². The minimum atomic E-state index is -0.519. The van der Waals surface area contributed by atoms with Gasteiger partial charge >= 0.3 is 5.97 Å². The van der Waals surface area contributed by atoms with Gasteiger partial charge in [-0.3, -0.25) is 4.68 Å². The van der Waals surface area contributed by atoms with E-state index in [1.807, 2.05) is 0 Å². The van der Waals surface area contributed by atoms with Crippen LogP contribution >= 0.6 is 11.6 Å². The van der Waals surface area contributed by atoms with Crippen LogP contribution in [0.25, 0.3) is 0 Å². The molecule has 0 amide bonds. The molecule has 1 rings (SSSR count). The predicted molar refractivity (Wildman–Crippen MR) is 46.5 cm³/mol. The molecule has 0 saturated carbocycles. The third-order valence-electron chi connectivity index (χ3n) is 1.43. The molecule has 1 heterocycles. The second kappa shape index (κ2) is 4.23. The van der Waals surface area contributed by atoms with E-state index in [-0.39, 0.29) is 11.7 Å². The van der Waals surface area contributed by atoms with Crippen LogP contribution in [0, 0.1) is 0 Å². The van der Waals surface area contributed by atoms with Gasteiger partial charge in [-0.05, 0) is 6.92 Å². The average molecular weight is 204 g/mol. The lowest BCUT2D eigenvalue weighted by molar-refractivity contribution is 0.0512. The van der Waals surface area contributed by atoms with Crippen LogP contribution in [0.15, 0.2) is 0 Å². The average Bonchev–Trinajstić information content (AvgIpc) is 2.47. The van der Waals surface area contributed by atoms with E-state index in [2.05, 4.69) is 10.1 Å². The Labute approximate surface area is 80.7 Å². The fourth-order valence-electron chi connectivity index (χ4n) is 0.815. The molecule has 5 nitrogen and oxygen atoms in total. The standard InChI is InChI=1S/C7H10ClN3O2/c1-3-13-7(12)6-9-5(4-8)11(2)10-6/h3-4H2,1-2H3. The third kappa shape index (κ3) is 2.18. The zero-order chi connectivity index (χ0) is 9.84. The molecule has 0 saturated heterocycles.